The molecule has 3 heteroatoms. The molecule has 0 saturated carbocycles. The van der Waals surface area contributed by atoms with E-state index in [1.165, 1.54) is 5.56 Å². The molecule has 0 aliphatic heterocycles. The third kappa shape index (κ3) is 7.31. The van der Waals surface area contributed by atoms with Crippen molar-refractivity contribution in [2.45, 2.75) is 13.8 Å². The van der Waals surface area contributed by atoms with Gasteiger partial charge in [-0.1, -0.05) is 35.9 Å². The van der Waals surface area contributed by atoms with E-state index in [2.05, 4.69) is 23.8 Å². The summed E-state index contributed by atoms with van der Waals surface area (Å²) in [5.41, 5.74) is 6.21. The highest BCUT2D eigenvalue weighted by molar-refractivity contribution is 5.71. The predicted molar refractivity (Wildman–Crippen MR) is 56.9 cm³/mol. The molecule has 0 amide bonds. The van der Waals surface area contributed by atoms with E-state index in [1.807, 2.05) is 18.2 Å². The van der Waals surface area contributed by atoms with Crippen molar-refractivity contribution in [1.82, 2.24) is 0 Å². The van der Waals surface area contributed by atoms with E-state index in [0.29, 0.717) is 6.61 Å². The first-order valence-corrected chi connectivity index (χ1v) is 4.58. The summed E-state index contributed by atoms with van der Waals surface area (Å²) in [6.07, 6.45) is 0. The van der Waals surface area contributed by atoms with Gasteiger partial charge in [0.15, 0.2) is 0 Å². The molecule has 0 saturated heterocycles. The quantitative estimate of drug-likeness (QED) is 0.728. The molecule has 78 valence electrons. The van der Waals surface area contributed by atoms with Crippen molar-refractivity contribution in [3.63, 3.8) is 0 Å². The van der Waals surface area contributed by atoms with Crippen LogP contribution in [-0.4, -0.2) is 19.1 Å². The van der Waals surface area contributed by atoms with Crippen LogP contribution in [0.15, 0.2) is 30.3 Å². The highest BCUT2D eigenvalue weighted by Crippen LogP contribution is 1.92. The molecule has 0 bridgehead atoms. The van der Waals surface area contributed by atoms with E-state index in [4.69, 9.17) is 5.73 Å². The Labute approximate surface area is 84.9 Å². The summed E-state index contributed by atoms with van der Waals surface area (Å²) in [7, 11) is 0. The van der Waals surface area contributed by atoms with Gasteiger partial charge in [0.25, 0.3) is 0 Å². The lowest BCUT2D eigenvalue weighted by Crippen LogP contribution is -2.16. The molecule has 0 radical (unpaired) electrons. The maximum Gasteiger partial charge on any atom is 0.319 e. The van der Waals surface area contributed by atoms with Gasteiger partial charge in [-0.3, -0.25) is 4.79 Å². The summed E-state index contributed by atoms with van der Waals surface area (Å²) in [6.45, 7) is 4.22. The minimum Gasteiger partial charge on any atom is -0.465 e. The molecule has 0 atom stereocenters. The average molecular weight is 195 g/mol. The fraction of sp³-hybridized carbons (Fsp3) is 0.364. The van der Waals surface area contributed by atoms with Gasteiger partial charge in [0.1, 0.15) is 0 Å². The number of ether oxygens (including phenoxy) is 1. The topological polar surface area (TPSA) is 52.3 Å². The zero-order chi connectivity index (χ0) is 10.8. The van der Waals surface area contributed by atoms with Gasteiger partial charge in [-0.05, 0) is 13.8 Å². The van der Waals surface area contributed by atoms with Gasteiger partial charge in [0.05, 0.1) is 13.2 Å². The molecule has 0 aliphatic rings. The van der Waals surface area contributed by atoms with Crippen molar-refractivity contribution < 1.29 is 9.53 Å². The van der Waals surface area contributed by atoms with Gasteiger partial charge in [-0.2, -0.15) is 0 Å². The standard InChI is InChI=1S/C7H8.C4H9NO2/c1-7-5-3-2-4-6-7;1-2-7-4(6)3-5/h2-6H,1H3;2-3,5H2,1H3. The number of esters is 1. The lowest BCUT2D eigenvalue weighted by molar-refractivity contribution is -0.141. The Kier molecular flexibility index (Phi) is 7.46. The van der Waals surface area contributed by atoms with Gasteiger partial charge >= 0.3 is 5.97 Å². The molecule has 0 aliphatic carbocycles. The van der Waals surface area contributed by atoms with E-state index >= 15 is 0 Å². The molecule has 0 fully saturated rings. The first kappa shape index (κ1) is 12.7. The molecule has 0 unspecified atom stereocenters. The zero-order valence-corrected chi connectivity index (χ0v) is 8.69. The Morgan fingerprint density at radius 3 is 2.14 bits per heavy atom. The lowest BCUT2D eigenvalue weighted by atomic mass is 10.2. The molecule has 1 aromatic rings. The van der Waals surface area contributed by atoms with Crippen LogP contribution in [0.25, 0.3) is 0 Å². The largest absolute Gasteiger partial charge is 0.465 e. The molecule has 3 nitrogen and oxygen atoms in total. The smallest absolute Gasteiger partial charge is 0.319 e. The molecule has 0 heterocycles. The van der Waals surface area contributed by atoms with Crippen LogP contribution in [0.2, 0.25) is 0 Å². The van der Waals surface area contributed by atoms with Crippen molar-refractivity contribution in [2.24, 2.45) is 5.73 Å². The molecule has 1 rings (SSSR count). The maximum absolute atomic E-state index is 10.1. The second-order valence-electron chi connectivity index (χ2n) is 2.66. The summed E-state index contributed by atoms with van der Waals surface area (Å²) in [5.74, 6) is -0.345. The fourth-order valence-electron chi connectivity index (χ4n) is 0.754. The number of carbonyl (C=O) groups excluding carboxylic acids is 1. The van der Waals surface area contributed by atoms with E-state index in [1.54, 1.807) is 6.92 Å². The molecular weight excluding hydrogens is 178 g/mol. The van der Waals surface area contributed by atoms with Crippen molar-refractivity contribution in [2.75, 3.05) is 13.2 Å². The zero-order valence-electron chi connectivity index (χ0n) is 8.69. The summed E-state index contributed by atoms with van der Waals surface area (Å²) >= 11 is 0. The van der Waals surface area contributed by atoms with Gasteiger partial charge in [-0.15, -0.1) is 0 Å². The Hall–Kier alpha value is -1.35. The van der Waals surface area contributed by atoms with E-state index in [9.17, 15) is 4.79 Å². The summed E-state index contributed by atoms with van der Waals surface area (Å²) in [5, 5.41) is 0. The van der Waals surface area contributed by atoms with Crippen LogP contribution in [-0.2, 0) is 9.53 Å². The Morgan fingerprint density at radius 1 is 1.36 bits per heavy atom. The number of benzene rings is 1. The van der Waals surface area contributed by atoms with E-state index in [0.717, 1.165) is 0 Å². The van der Waals surface area contributed by atoms with Crippen molar-refractivity contribution in [1.29, 1.82) is 0 Å². The van der Waals surface area contributed by atoms with E-state index in [-0.39, 0.29) is 12.5 Å². The van der Waals surface area contributed by atoms with Gasteiger partial charge in [0.2, 0.25) is 0 Å². The second-order valence-corrected chi connectivity index (χ2v) is 2.66. The maximum atomic E-state index is 10.1. The Bertz CT molecular complexity index is 247. The van der Waals surface area contributed by atoms with Crippen LogP contribution < -0.4 is 5.73 Å². The SMILES string of the molecule is CCOC(=O)CN.Cc1ccccc1. The monoisotopic (exact) mass is 195 g/mol. The number of hydrogen-bond acceptors (Lipinski definition) is 3. The number of nitrogens with two attached hydrogens (primary N) is 1. The lowest BCUT2D eigenvalue weighted by Gasteiger charge is -1.93. The second kappa shape index (κ2) is 8.26. The molecule has 14 heavy (non-hydrogen) atoms. The van der Waals surface area contributed by atoms with Crippen LogP contribution in [0.4, 0.5) is 0 Å². The number of carbonyl (C=O) groups is 1. The number of aryl methyl sites for hydroxylation is 1. The summed E-state index contributed by atoms with van der Waals surface area (Å²) in [6, 6.07) is 10.3. The van der Waals surface area contributed by atoms with Gasteiger partial charge in [-0.25, -0.2) is 0 Å². The molecule has 0 spiro atoms. The summed E-state index contributed by atoms with van der Waals surface area (Å²) < 4.78 is 4.43. The van der Waals surface area contributed by atoms with Gasteiger partial charge < -0.3 is 10.5 Å². The summed E-state index contributed by atoms with van der Waals surface area (Å²) in [4.78, 5) is 10.1. The molecule has 1 aromatic carbocycles. The average Bonchev–Trinajstić information content (AvgIpc) is 2.20. The molecule has 2 N–H and O–H groups in total. The third-order valence-electron chi connectivity index (χ3n) is 1.41. The highest BCUT2D eigenvalue weighted by Gasteiger charge is 1.91. The Morgan fingerprint density at radius 2 is 1.93 bits per heavy atom. The first-order valence-electron chi connectivity index (χ1n) is 4.58. The number of hydrogen-bond donors (Lipinski definition) is 1. The molecule has 0 aromatic heterocycles. The minimum atomic E-state index is -0.345. The van der Waals surface area contributed by atoms with Crippen LogP contribution in [0, 0.1) is 6.92 Å². The van der Waals surface area contributed by atoms with E-state index < -0.39 is 0 Å². The highest BCUT2D eigenvalue weighted by atomic mass is 16.5. The minimum absolute atomic E-state index is 0.0200. The number of rotatable bonds is 2. The normalized spacial score (nSPS) is 8.50. The molecular formula is C11H17NO2. The third-order valence-corrected chi connectivity index (χ3v) is 1.41. The van der Waals surface area contributed by atoms with Crippen LogP contribution >= 0.6 is 0 Å². The van der Waals surface area contributed by atoms with Crippen LogP contribution in [0.3, 0.4) is 0 Å². The first-order chi connectivity index (χ1) is 6.70. The van der Waals surface area contributed by atoms with Crippen molar-refractivity contribution in [3.8, 4) is 0 Å². The van der Waals surface area contributed by atoms with Crippen LogP contribution in [0.5, 0.6) is 0 Å². The van der Waals surface area contributed by atoms with Gasteiger partial charge in [0, 0.05) is 0 Å². The Balaban J connectivity index is 0.000000241. The predicted octanol–water partition coefficient (Wildman–Crippen LogP) is 1.50. The van der Waals surface area contributed by atoms with Crippen molar-refractivity contribution in [3.05, 3.63) is 35.9 Å². The fourth-order valence-corrected chi connectivity index (χ4v) is 0.754. The van der Waals surface area contributed by atoms with Crippen LogP contribution in [0.1, 0.15) is 12.5 Å². The van der Waals surface area contributed by atoms with Crippen molar-refractivity contribution >= 4 is 5.97 Å².